The van der Waals surface area contributed by atoms with E-state index in [-0.39, 0.29) is 5.92 Å². The third-order valence-corrected chi connectivity index (χ3v) is 5.87. The third kappa shape index (κ3) is 3.79. The van der Waals surface area contributed by atoms with Crippen molar-refractivity contribution in [2.45, 2.75) is 31.6 Å². The van der Waals surface area contributed by atoms with Crippen LogP contribution >= 0.6 is 27.5 Å². The first-order valence-electron chi connectivity index (χ1n) is 8.55. The Labute approximate surface area is 157 Å². The van der Waals surface area contributed by atoms with Crippen LogP contribution in [0.1, 0.15) is 42.7 Å². The molecule has 1 aliphatic heterocycles. The molecule has 2 aromatic carbocycles. The van der Waals surface area contributed by atoms with Crippen LogP contribution in [0.4, 0.5) is 0 Å². The Morgan fingerprint density at radius 1 is 1.12 bits per heavy atom. The largest absolute Gasteiger partial charge is 0.508 e. The van der Waals surface area contributed by atoms with Crippen LogP contribution in [-0.4, -0.2) is 29.6 Å². The lowest BCUT2D eigenvalue weighted by atomic mass is 9.84. The van der Waals surface area contributed by atoms with E-state index >= 15 is 0 Å². The predicted molar refractivity (Wildman–Crippen MR) is 104 cm³/mol. The van der Waals surface area contributed by atoms with E-state index in [1.165, 1.54) is 18.4 Å². The topological polar surface area (TPSA) is 23.5 Å². The average molecular weight is 409 g/mol. The van der Waals surface area contributed by atoms with E-state index in [2.05, 4.69) is 46.0 Å². The summed E-state index contributed by atoms with van der Waals surface area (Å²) in [7, 11) is 0. The molecule has 2 nitrogen and oxygen atoms in total. The number of hydrogen-bond acceptors (Lipinski definition) is 2. The molecule has 0 radical (unpaired) electrons. The van der Waals surface area contributed by atoms with Gasteiger partial charge in [-0.15, -0.1) is 0 Å². The summed E-state index contributed by atoms with van der Waals surface area (Å²) in [6.45, 7) is 5.30. The van der Waals surface area contributed by atoms with Crippen molar-refractivity contribution in [3.63, 3.8) is 0 Å². The molecule has 2 atom stereocenters. The van der Waals surface area contributed by atoms with Gasteiger partial charge in [-0.25, -0.2) is 0 Å². The molecule has 1 heterocycles. The summed E-state index contributed by atoms with van der Waals surface area (Å²) in [6.07, 6.45) is 2.40. The highest BCUT2D eigenvalue weighted by atomic mass is 79.9. The van der Waals surface area contributed by atoms with Gasteiger partial charge in [-0.3, -0.25) is 0 Å². The van der Waals surface area contributed by atoms with Crippen molar-refractivity contribution in [2.24, 2.45) is 0 Å². The fourth-order valence-electron chi connectivity index (χ4n) is 3.68. The molecule has 1 unspecified atom stereocenters. The number of likely N-dealkylation sites (tertiary alicyclic amines) is 1. The smallest absolute Gasteiger partial charge is 0.119 e. The molecule has 2 aromatic rings. The van der Waals surface area contributed by atoms with Crippen molar-refractivity contribution < 1.29 is 5.11 Å². The number of phenolic OH excluding ortho intramolecular Hbond substituents is 1. The van der Waals surface area contributed by atoms with Crippen LogP contribution in [0.15, 0.2) is 46.9 Å². The van der Waals surface area contributed by atoms with E-state index in [1.54, 1.807) is 12.1 Å². The van der Waals surface area contributed by atoms with Gasteiger partial charge in [0.25, 0.3) is 0 Å². The lowest BCUT2D eigenvalue weighted by Crippen LogP contribution is -2.21. The minimum Gasteiger partial charge on any atom is -0.508 e. The zero-order valence-corrected chi connectivity index (χ0v) is 16.2. The number of aromatic hydroxyl groups is 1. The van der Waals surface area contributed by atoms with Gasteiger partial charge in [-0.1, -0.05) is 59.1 Å². The van der Waals surface area contributed by atoms with Gasteiger partial charge in [0.15, 0.2) is 0 Å². The molecule has 0 spiro atoms. The minimum atomic E-state index is 0.249. The zero-order valence-electron chi connectivity index (χ0n) is 13.9. The van der Waals surface area contributed by atoms with Crippen molar-refractivity contribution in [3.05, 3.63) is 63.1 Å². The van der Waals surface area contributed by atoms with Crippen LogP contribution in [0.3, 0.4) is 0 Å². The molecule has 24 heavy (non-hydrogen) atoms. The molecular weight excluding hydrogens is 386 g/mol. The van der Waals surface area contributed by atoms with Crippen LogP contribution in [0.25, 0.3) is 0 Å². The first-order valence-corrected chi connectivity index (χ1v) is 9.72. The maximum absolute atomic E-state index is 10.4. The second-order valence-corrected chi connectivity index (χ2v) is 7.84. The quantitative estimate of drug-likeness (QED) is 0.676. The van der Waals surface area contributed by atoms with Gasteiger partial charge in [-0.05, 0) is 42.8 Å². The fraction of sp³-hybridized carbons (Fsp3) is 0.400. The number of halogens is 2. The van der Waals surface area contributed by atoms with Crippen LogP contribution in [-0.2, 0) is 0 Å². The van der Waals surface area contributed by atoms with Crippen LogP contribution in [0.2, 0.25) is 5.02 Å². The maximum atomic E-state index is 10.4. The number of rotatable bonds is 5. The van der Waals surface area contributed by atoms with E-state index in [9.17, 15) is 5.11 Å². The predicted octanol–water partition coefficient (Wildman–Crippen LogP) is 5.79. The van der Waals surface area contributed by atoms with Gasteiger partial charge in [0.1, 0.15) is 5.75 Å². The Morgan fingerprint density at radius 2 is 1.83 bits per heavy atom. The van der Waals surface area contributed by atoms with Crippen LogP contribution in [0, 0.1) is 0 Å². The van der Waals surface area contributed by atoms with E-state index in [0.29, 0.717) is 16.7 Å². The Hall–Kier alpha value is -1.03. The summed E-state index contributed by atoms with van der Waals surface area (Å²) in [5.41, 5.74) is 2.27. The van der Waals surface area contributed by atoms with Crippen molar-refractivity contribution in [2.75, 3.05) is 19.6 Å². The van der Waals surface area contributed by atoms with E-state index < -0.39 is 0 Å². The third-order valence-electron chi connectivity index (χ3n) is 4.92. The van der Waals surface area contributed by atoms with Gasteiger partial charge in [0, 0.05) is 40.0 Å². The van der Waals surface area contributed by atoms with Gasteiger partial charge >= 0.3 is 0 Å². The molecule has 1 N–H and O–H groups in total. The Morgan fingerprint density at radius 3 is 2.54 bits per heavy atom. The summed E-state index contributed by atoms with van der Waals surface area (Å²) in [4.78, 5) is 2.51. The maximum Gasteiger partial charge on any atom is 0.119 e. The van der Waals surface area contributed by atoms with Gasteiger partial charge < -0.3 is 10.0 Å². The van der Waals surface area contributed by atoms with E-state index in [4.69, 9.17) is 11.6 Å². The zero-order chi connectivity index (χ0) is 17.1. The van der Waals surface area contributed by atoms with Gasteiger partial charge in [0.2, 0.25) is 0 Å². The first kappa shape index (κ1) is 17.8. The first-order chi connectivity index (χ1) is 11.6. The van der Waals surface area contributed by atoms with E-state index in [0.717, 1.165) is 29.7 Å². The Bertz CT molecular complexity index is 706. The Balaban J connectivity index is 1.96. The lowest BCUT2D eigenvalue weighted by Gasteiger charge is -2.21. The highest BCUT2D eigenvalue weighted by Gasteiger charge is 2.36. The molecule has 0 amide bonds. The molecule has 128 valence electrons. The highest BCUT2D eigenvalue weighted by molar-refractivity contribution is 9.10. The second-order valence-electron chi connectivity index (χ2n) is 6.55. The minimum absolute atomic E-state index is 0.249. The number of nitrogens with zero attached hydrogens (tertiary/aromatic N) is 1. The molecule has 0 aliphatic carbocycles. The Kier molecular flexibility index (Phi) is 5.85. The summed E-state index contributed by atoms with van der Waals surface area (Å²) < 4.78 is 1.14. The molecule has 1 fully saturated rings. The molecule has 0 bridgehead atoms. The monoisotopic (exact) mass is 407 g/mol. The second kappa shape index (κ2) is 7.90. The summed E-state index contributed by atoms with van der Waals surface area (Å²) in [5, 5.41) is 11.1. The molecule has 0 aromatic heterocycles. The summed E-state index contributed by atoms with van der Waals surface area (Å²) in [5.74, 6) is 0.944. The average Bonchev–Trinajstić information content (AvgIpc) is 2.99. The molecule has 4 heteroatoms. The fourth-order valence-corrected chi connectivity index (χ4v) is 4.44. The summed E-state index contributed by atoms with van der Waals surface area (Å²) >= 11 is 9.91. The van der Waals surface area contributed by atoms with Gasteiger partial charge in [0.05, 0.1) is 0 Å². The van der Waals surface area contributed by atoms with E-state index in [1.807, 2.05) is 12.1 Å². The molecule has 3 rings (SSSR count). The number of unbranched alkanes of at least 4 members (excludes halogenated alkanes) is 1. The van der Waals surface area contributed by atoms with Crippen molar-refractivity contribution in [1.82, 2.24) is 4.90 Å². The molecule has 1 aliphatic rings. The van der Waals surface area contributed by atoms with Crippen molar-refractivity contribution >= 4 is 27.5 Å². The van der Waals surface area contributed by atoms with Crippen LogP contribution < -0.4 is 0 Å². The highest BCUT2D eigenvalue weighted by Crippen LogP contribution is 2.45. The SMILES string of the molecule is CCCCN1CC(c2cc(Cl)ccc2O)[C@@H](c2ccccc2Br)C1. The number of phenols is 1. The summed E-state index contributed by atoms with van der Waals surface area (Å²) in [6, 6.07) is 13.8. The van der Waals surface area contributed by atoms with Gasteiger partial charge in [-0.2, -0.15) is 0 Å². The number of benzene rings is 2. The number of hydrogen-bond donors (Lipinski definition) is 1. The van der Waals surface area contributed by atoms with Crippen molar-refractivity contribution in [3.8, 4) is 5.75 Å². The van der Waals surface area contributed by atoms with Crippen LogP contribution in [0.5, 0.6) is 5.75 Å². The molecule has 1 saturated heterocycles. The van der Waals surface area contributed by atoms with Crippen molar-refractivity contribution in [1.29, 1.82) is 0 Å². The molecule has 0 saturated carbocycles. The molecular formula is C20H23BrClNO. The standard InChI is InChI=1S/C20H23BrClNO/c1-2-3-10-23-12-17(15-6-4-5-7-19(15)21)18(13-23)16-11-14(22)8-9-20(16)24/h4-9,11,17-18,24H,2-3,10,12-13H2,1H3/t17-,18?/m1/s1. The normalized spacial score (nSPS) is 21.3. The lowest BCUT2D eigenvalue weighted by molar-refractivity contribution is 0.324.